The summed E-state index contributed by atoms with van der Waals surface area (Å²) in [5.41, 5.74) is 0. The number of carboxylic acid groups (broad SMARTS) is 1. The van der Waals surface area contributed by atoms with E-state index in [0.717, 1.165) is 0 Å². The molecule has 7 nitrogen and oxygen atoms in total. The number of aliphatic hydroxyl groups excluding tert-OH is 1. The van der Waals surface area contributed by atoms with E-state index >= 15 is 0 Å². The molecule has 0 aromatic carbocycles. The second-order valence-corrected chi connectivity index (χ2v) is 3.43. The molecule has 0 bridgehead atoms. The second kappa shape index (κ2) is 7.61. The lowest BCUT2D eigenvalue weighted by atomic mass is 10.1. The highest BCUT2D eigenvalue weighted by Crippen LogP contribution is 1.97. The van der Waals surface area contributed by atoms with E-state index in [0.29, 0.717) is 0 Å². The Labute approximate surface area is 98.8 Å². The minimum atomic E-state index is -1.37. The summed E-state index contributed by atoms with van der Waals surface area (Å²) in [5, 5.41) is 19.9. The fourth-order valence-corrected chi connectivity index (χ4v) is 1.08. The van der Waals surface area contributed by atoms with Crippen LogP contribution < -0.4 is 5.32 Å². The molecule has 0 saturated heterocycles. The molecule has 0 fully saturated rings. The van der Waals surface area contributed by atoms with Crippen molar-refractivity contribution in [1.82, 2.24) is 5.32 Å². The van der Waals surface area contributed by atoms with Crippen LogP contribution in [0.4, 0.5) is 0 Å². The maximum absolute atomic E-state index is 11.3. The van der Waals surface area contributed by atoms with Crippen molar-refractivity contribution < 1.29 is 29.3 Å². The molecule has 17 heavy (non-hydrogen) atoms. The Morgan fingerprint density at radius 2 is 1.88 bits per heavy atom. The first-order valence-corrected chi connectivity index (χ1v) is 5.24. The minimum absolute atomic E-state index is 0.119. The molecule has 2 atom stereocenters. The second-order valence-electron chi connectivity index (χ2n) is 3.43. The number of rotatable bonds is 7. The van der Waals surface area contributed by atoms with E-state index in [1.165, 1.54) is 6.92 Å². The molecule has 0 unspecified atom stereocenters. The van der Waals surface area contributed by atoms with Crippen molar-refractivity contribution in [3.63, 3.8) is 0 Å². The summed E-state index contributed by atoms with van der Waals surface area (Å²) in [6, 6.07) is -1.37. The third kappa shape index (κ3) is 6.52. The van der Waals surface area contributed by atoms with Gasteiger partial charge in [0.1, 0.15) is 0 Å². The van der Waals surface area contributed by atoms with E-state index in [4.69, 9.17) is 10.2 Å². The monoisotopic (exact) mass is 247 g/mol. The minimum Gasteiger partial charge on any atom is -0.480 e. The molecule has 0 aliphatic rings. The SMILES string of the molecule is CCOC(=O)CCC(=O)N[C@H](C(=O)O)[C@@H](C)O. The number of aliphatic carboxylic acids is 1. The zero-order valence-electron chi connectivity index (χ0n) is 9.80. The predicted molar refractivity (Wildman–Crippen MR) is 57.1 cm³/mol. The summed E-state index contributed by atoms with van der Waals surface area (Å²) in [4.78, 5) is 32.9. The van der Waals surface area contributed by atoms with Gasteiger partial charge in [-0.05, 0) is 13.8 Å². The Morgan fingerprint density at radius 3 is 2.29 bits per heavy atom. The van der Waals surface area contributed by atoms with Crippen molar-refractivity contribution in [2.45, 2.75) is 38.8 Å². The molecule has 1 amide bonds. The average Bonchev–Trinajstić information content (AvgIpc) is 2.22. The largest absolute Gasteiger partial charge is 0.480 e. The maximum Gasteiger partial charge on any atom is 0.328 e. The van der Waals surface area contributed by atoms with E-state index < -0.39 is 30.0 Å². The Morgan fingerprint density at radius 1 is 1.29 bits per heavy atom. The summed E-state index contributed by atoms with van der Waals surface area (Å²) >= 11 is 0. The lowest BCUT2D eigenvalue weighted by molar-refractivity contribution is -0.146. The standard InChI is InChI=1S/C10H17NO6/c1-3-17-8(14)5-4-7(13)11-9(6(2)12)10(15)16/h6,9,12H,3-5H2,1-2H3,(H,11,13)(H,15,16)/t6-,9+/m1/s1. The van der Waals surface area contributed by atoms with Gasteiger partial charge in [0.15, 0.2) is 6.04 Å². The van der Waals surface area contributed by atoms with Crippen molar-refractivity contribution in [2.75, 3.05) is 6.61 Å². The molecule has 0 aromatic heterocycles. The molecule has 3 N–H and O–H groups in total. The molecule has 0 aromatic rings. The topological polar surface area (TPSA) is 113 Å². The molecule has 0 aliphatic heterocycles. The van der Waals surface area contributed by atoms with Gasteiger partial charge in [-0.2, -0.15) is 0 Å². The fourth-order valence-electron chi connectivity index (χ4n) is 1.08. The molecular formula is C10H17NO6. The van der Waals surface area contributed by atoms with Crippen LogP contribution in [0.15, 0.2) is 0 Å². The molecular weight excluding hydrogens is 230 g/mol. The van der Waals surface area contributed by atoms with Gasteiger partial charge in [0.2, 0.25) is 5.91 Å². The highest BCUT2D eigenvalue weighted by Gasteiger charge is 2.24. The van der Waals surface area contributed by atoms with Crippen LogP contribution in [-0.4, -0.2) is 46.8 Å². The molecule has 7 heteroatoms. The van der Waals surface area contributed by atoms with E-state index in [9.17, 15) is 14.4 Å². The Balaban J connectivity index is 4.07. The van der Waals surface area contributed by atoms with Gasteiger partial charge < -0.3 is 20.3 Å². The first-order valence-electron chi connectivity index (χ1n) is 5.24. The van der Waals surface area contributed by atoms with Gasteiger partial charge >= 0.3 is 11.9 Å². The number of ether oxygens (including phenoxy) is 1. The van der Waals surface area contributed by atoms with Gasteiger partial charge in [0.25, 0.3) is 0 Å². The number of amides is 1. The van der Waals surface area contributed by atoms with E-state index in [1.807, 2.05) is 0 Å². The molecule has 0 rings (SSSR count). The van der Waals surface area contributed by atoms with Gasteiger partial charge in [-0.15, -0.1) is 0 Å². The average molecular weight is 247 g/mol. The van der Waals surface area contributed by atoms with Gasteiger partial charge in [-0.1, -0.05) is 0 Å². The summed E-state index contributed by atoms with van der Waals surface area (Å²) in [6.07, 6.45) is -1.50. The quantitative estimate of drug-likeness (QED) is 0.512. The third-order valence-corrected chi connectivity index (χ3v) is 1.93. The Bertz CT molecular complexity index is 289. The zero-order chi connectivity index (χ0) is 13.4. The number of hydrogen-bond acceptors (Lipinski definition) is 5. The van der Waals surface area contributed by atoms with Crippen LogP contribution in [0.2, 0.25) is 0 Å². The summed E-state index contributed by atoms with van der Waals surface area (Å²) in [5.74, 6) is -2.47. The number of esters is 1. The van der Waals surface area contributed by atoms with E-state index in [1.54, 1.807) is 6.92 Å². The van der Waals surface area contributed by atoms with Crippen molar-refractivity contribution >= 4 is 17.8 Å². The van der Waals surface area contributed by atoms with E-state index in [2.05, 4.69) is 10.1 Å². The smallest absolute Gasteiger partial charge is 0.328 e. The lowest BCUT2D eigenvalue weighted by Gasteiger charge is -2.16. The normalized spacial score (nSPS) is 13.6. The Hall–Kier alpha value is -1.63. The first kappa shape index (κ1) is 15.4. The van der Waals surface area contributed by atoms with Crippen molar-refractivity contribution in [1.29, 1.82) is 0 Å². The predicted octanol–water partition coefficient (Wildman–Crippen LogP) is -0.720. The number of carbonyl (C=O) groups excluding carboxylic acids is 2. The molecule has 0 radical (unpaired) electrons. The molecule has 0 aliphatic carbocycles. The number of carboxylic acids is 1. The van der Waals surface area contributed by atoms with E-state index in [-0.39, 0.29) is 19.4 Å². The third-order valence-electron chi connectivity index (χ3n) is 1.93. The van der Waals surface area contributed by atoms with Gasteiger partial charge in [-0.25, -0.2) is 4.79 Å². The Kier molecular flexibility index (Phi) is 6.88. The number of nitrogens with one attached hydrogen (secondary N) is 1. The van der Waals surface area contributed by atoms with Crippen LogP contribution in [0.5, 0.6) is 0 Å². The van der Waals surface area contributed by atoms with Crippen LogP contribution in [0, 0.1) is 0 Å². The van der Waals surface area contributed by atoms with Crippen LogP contribution in [-0.2, 0) is 19.1 Å². The summed E-state index contributed by atoms with van der Waals surface area (Å²) < 4.78 is 4.61. The van der Waals surface area contributed by atoms with Crippen molar-refractivity contribution in [2.24, 2.45) is 0 Å². The lowest BCUT2D eigenvalue weighted by Crippen LogP contribution is -2.47. The molecule has 98 valence electrons. The van der Waals surface area contributed by atoms with Crippen LogP contribution in [0.25, 0.3) is 0 Å². The molecule has 0 saturated carbocycles. The van der Waals surface area contributed by atoms with Crippen LogP contribution in [0.3, 0.4) is 0 Å². The summed E-state index contributed by atoms with van der Waals surface area (Å²) in [7, 11) is 0. The molecule has 0 spiro atoms. The summed E-state index contributed by atoms with van der Waals surface area (Å²) in [6.45, 7) is 3.13. The van der Waals surface area contributed by atoms with Crippen molar-refractivity contribution in [3.05, 3.63) is 0 Å². The van der Waals surface area contributed by atoms with Gasteiger partial charge in [-0.3, -0.25) is 9.59 Å². The first-order chi connectivity index (χ1) is 7.88. The highest BCUT2D eigenvalue weighted by molar-refractivity contribution is 5.86. The zero-order valence-corrected chi connectivity index (χ0v) is 9.80. The number of aliphatic hydroxyl groups is 1. The fraction of sp³-hybridized carbons (Fsp3) is 0.700. The maximum atomic E-state index is 11.3. The van der Waals surface area contributed by atoms with Gasteiger partial charge in [0, 0.05) is 6.42 Å². The number of hydrogen-bond donors (Lipinski definition) is 3. The van der Waals surface area contributed by atoms with Crippen LogP contribution >= 0.6 is 0 Å². The highest BCUT2D eigenvalue weighted by atomic mass is 16.5. The molecule has 0 heterocycles. The van der Waals surface area contributed by atoms with Gasteiger partial charge in [0.05, 0.1) is 19.1 Å². The number of carbonyl (C=O) groups is 3. The van der Waals surface area contributed by atoms with Crippen LogP contribution in [0.1, 0.15) is 26.7 Å². The van der Waals surface area contributed by atoms with Crippen molar-refractivity contribution in [3.8, 4) is 0 Å².